The van der Waals surface area contributed by atoms with Crippen LogP contribution in [0.2, 0.25) is 21.1 Å². The van der Waals surface area contributed by atoms with Crippen LogP contribution >= 0.6 is 34.8 Å². The highest BCUT2D eigenvalue weighted by molar-refractivity contribution is 6.63. The molecule has 0 saturated heterocycles. The Kier molecular flexibility index (Phi) is 7.13. The predicted octanol–water partition coefficient (Wildman–Crippen LogP) is 7.53. The van der Waals surface area contributed by atoms with Crippen molar-refractivity contribution in [2.45, 2.75) is 19.4 Å². The van der Waals surface area contributed by atoms with E-state index >= 15 is 0 Å². The van der Waals surface area contributed by atoms with Crippen LogP contribution in [0.3, 0.4) is 0 Å². The molecule has 0 aromatic heterocycles. The van der Waals surface area contributed by atoms with Crippen LogP contribution in [-0.4, -0.2) is 8.80 Å². The SMILES string of the molecule is CCC[Si](Oc1ccccc1Cl)(Oc1ccccc1Cl)Oc1ccccc1Cl. The van der Waals surface area contributed by atoms with Gasteiger partial charge >= 0.3 is 8.80 Å². The molecule has 0 aliphatic heterocycles. The normalized spacial score (nSPS) is 11.1. The third-order valence-electron chi connectivity index (χ3n) is 3.86. The Balaban J connectivity index is 2.04. The summed E-state index contributed by atoms with van der Waals surface area (Å²) in [7, 11) is -3.37. The van der Waals surface area contributed by atoms with E-state index in [4.69, 9.17) is 48.1 Å². The largest absolute Gasteiger partial charge is 0.699 e. The van der Waals surface area contributed by atoms with Crippen LogP contribution in [0.5, 0.6) is 17.2 Å². The van der Waals surface area contributed by atoms with Gasteiger partial charge in [-0.15, -0.1) is 0 Å². The monoisotopic (exact) mass is 452 g/mol. The van der Waals surface area contributed by atoms with Crippen molar-refractivity contribution >= 4 is 43.6 Å². The molecule has 0 N–H and O–H groups in total. The highest BCUT2D eigenvalue weighted by Gasteiger charge is 2.49. The predicted molar refractivity (Wildman–Crippen MR) is 117 cm³/mol. The molecule has 3 aromatic carbocycles. The lowest BCUT2D eigenvalue weighted by Crippen LogP contribution is -2.54. The standard InChI is InChI=1S/C21H19Cl3O3Si/c1-2-15-28(25-19-12-6-3-9-16(19)22,26-20-13-7-4-10-17(20)23)27-21-14-8-5-11-18(21)24/h3-14H,2,15H2,1H3. The maximum Gasteiger partial charge on any atom is 0.699 e. The van der Waals surface area contributed by atoms with Crippen LogP contribution < -0.4 is 13.3 Å². The van der Waals surface area contributed by atoms with E-state index in [1.54, 1.807) is 36.4 Å². The van der Waals surface area contributed by atoms with Gasteiger partial charge in [-0.2, -0.15) is 0 Å². The lowest BCUT2D eigenvalue weighted by atomic mass is 10.3. The number of hydrogen-bond acceptors (Lipinski definition) is 3. The van der Waals surface area contributed by atoms with Crippen LogP contribution in [-0.2, 0) is 0 Å². The minimum Gasteiger partial charge on any atom is -0.482 e. The molecule has 0 amide bonds. The molecular formula is C21H19Cl3O3Si. The second-order valence-electron chi connectivity index (χ2n) is 6.03. The molecule has 0 unspecified atom stereocenters. The summed E-state index contributed by atoms with van der Waals surface area (Å²) < 4.78 is 19.0. The first-order valence-corrected chi connectivity index (χ1v) is 11.9. The van der Waals surface area contributed by atoms with E-state index in [0.29, 0.717) is 38.4 Å². The topological polar surface area (TPSA) is 27.7 Å². The fraction of sp³-hybridized carbons (Fsp3) is 0.143. The van der Waals surface area contributed by atoms with Gasteiger partial charge in [-0.1, -0.05) is 78.1 Å². The number of rotatable bonds is 8. The molecule has 0 bridgehead atoms. The Morgan fingerprint density at radius 2 is 0.929 bits per heavy atom. The number of para-hydroxylation sites is 3. The van der Waals surface area contributed by atoms with Crippen molar-refractivity contribution in [2.75, 3.05) is 0 Å². The molecule has 7 heteroatoms. The van der Waals surface area contributed by atoms with Crippen molar-refractivity contribution in [2.24, 2.45) is 0 Å². The number of halogens is 3. The molecule has 0 aliphatic rings. The van der Waals surface area contributed by atoms with Crippen molar-refractivity contribution in [3.05, 3.63) is 87.9 Å². The van der Waals surface area contributed by atoms with Gasteiger partial charge in [0.1, 0.15) is 17.2 Å². The minimum atomic E-state index is -3.37. The van der Waals surface area contributed by atoms with E-state index in [1.165, 1.54) is 0 Å². The smallest absolute Gasteiger partial charge is 0.482 e. The second kappa shape index (κ2) is 9.57. The molecule has 0 radical (unpaired) electrons. The van der Waals surface area contributed by atoms with Gasteiger partial charge in [0.25, 0.3) is 0 Å². The highest BCUT2D eigenvalue weighted by atomic mass is 35.5. The van der Waals surface area contributed by atoms with Crippen LogP contribution in [0.15, 0.2) is 72.8 Å². The van der Waals surface area contributed by atoms with Gasteiger partial charge in [-0.25, -0.2) is 0 Å². The van der Waals surface area contributed by atoms with E-state index in [1.807, 2.05) is 43.3 Å². The van der Waals surface area contributed by atoms with Gasteiger partial charge in [-0.3, -0.25) is 0 Å². The van der Waals surface area contributed by atoms with Crippen LogP contribution in [0.25, 0.3) is 0 Å². The average molecular weight is 454 g/mol. The molecular weight excluding hydrogens is 435 g/mol. The number of hydrogen-bond donors (Lipinski definition) is 0. The zero-order chi connectivity index (χ0) is 20.0. The van der Waals surface area contributed by atoms with E-state index in [9.17, 15) is 0 Å². The van der Waals surface area contributed by atoms with Crippen molar-refractivity contribution in [1.29, 1.82) is 0 Å². The molecule has 3 rings (SSSR count). The van der Waals surface area contributed by atoms with Crippen molar-refractivity contribution in [1.82, 2.24) is 0 Å². The van der Waals surface area contributed by atoms with Crippen LogP contribution in [0.4, 0.5) is 0 Å². The zero-order valence-electron chi connectivity index (χ0n) is 15.2. The van der Waals surface area contributed by atoms with E-state index in [-0.39, 0.29) is 0 Å². The van der Waals surface area contributed by atoms with E-state index in [2.05, 4.69) is 0 Å². The third kappa shape index (κ3) is 5.14. The lowest BCUT2D eigenvalue weighted by Gasteiger charge is -2.31. The quantitative estimate of drug-likeness (QED) is 0.330. The molecule has 0 spiro atoms. The summed E-state index contributed by atoms with van der Waals surface area (Å²) in [5.74, 6) is 1.47. The summed E-state index contributed by atoms with van der Waals surface area (Å²) in [6.07, 6.45) is 0.769. The lowest BCUT2D eigenvalue weighted by molar-refractivity contribution is 0.260. The summed E-state index contributed by atoms with van der Waals surface area (Å²) in [4.78, 5) is 0. The molecule has 0 atom stereocenters. The molecule has 3 aromatic rings. The molecule has 0 fully saturated rings. The van der Waals surface area contributed by atoms with E-state index in [0.717, 1.165) is 6.42 Å². The maximum atomic E-state index is 6.34. The Bertz CT molecular complexity index is 820. The summed E-state index contributed by atoms with van der Waals surface area (Å²) >= 11 is 19.0. The van der Waals surface area contributed by atoms with Crippen molar-refractivity contribution in [3.63, 3.8) is 0 Å². The first-order chi connectivity index (χ1) is 13.5. The molecule has 0 heterocycles. The van der Waals surface area contributed by atoms with Gasteiger partial charge in [0, 0.05) is 0 Å². The molecule has 0 aliphatic carbocycles. The molecule has 3 nitrogen and oxygen atoms in total. The van der Waals surface area contributed by atoms with Crippen molar-refractivity contribution < 1.29 is 13.3 Å². The zero-order valence-corrected chi connectivity index (χ0v) is 18.5. The van der Waals surface area contributed by atoms with Gasteiger partial charge in [0.05, 0.1) is 21.1 Å². The average Bonchev–Trinajstić information content (AvgIpc) is 2.68. The molecule has 28 heavy (non-hydrogen) atoms. The van der Waals surface area contributed by atoms with Gasteiger partial charge in [0.2, 0.25) is 0 Å². The fourth-order valence-electron chi connectivity index (χ4n) is 2.61. The first-order valence-electron chi connectivity index (χ1n) is 8.83. The van der Waals surface area contributed by atoms with Gasteiger partial charge < -0.3 is 13.3 Å². The Morgan fingerprint density at radius 1 is 0.607 bits per heavy atom. The van der Waals surface area contributed by atoms with Crippen molar-refractivity contribution in [3.8, 4) is 17.2 Å². The van der Waals surface area contributed by atoms with Gasteiger partial charge in [-0.05, 0) is 42.8 Å². The summed E-state index contributed by atoms with van der Waals surface area (Å²) in [6, 6.07) is 22.2. The number of benzene rings is 3. The Labute approximate surface area is 181 Å². The summed E-state index contributed by atoms with van der Waals surface area (Å²) in [5, 5.41) is 1.42. The van der Waals surface area contributed by atoms with E-state index < -0.39 is 8.80 Å². The van der Waals surface area contributed by atoms with Gasteiger partial charge in [0.15, 0.2) is 0 Å². The Morgan fingerprint density at radius 3 is 1.21 bits per heavy atom. The third-order valence-corrected chi connectivity index (χ3v) is 7.50. The minimum absolute atomic E-state index is 0.473. The molecule has 146 valence electrons. The summed E-state index contributed by atoms with van der Waals surface area (Å²) in [5.41, 5.74) is 0. The molecule has 0 saturated carbocycles. The van der Waals surface area contributed by atoms with Crippen LogP contribution in [0.1, 0.15) is 13.3 Å². The summed E-state index contributed by atoms with van der Waals surface area (Å²) in [6.45, 7) is 2.03. The fourth-order valence-corrected chi connectivity index (χ4v) is 5.91. The Hall–Kier alpha value is -1.85. The second-order valence-corrected chi connectivity index (χ2v) is 9.73. The highest BCUT2D eigenvalue weighted by Crippen LogP contribution is 2.35. The first kappa shape index (κ1) is 20.9. The maximum absolute atomic E-state index is 6.34. The van der Waals surface area contributed by atoms with Crippen LogP contribution in [0, 0.1) is 0 Å².